The number of nitrogens with zero attached hydrogens (tertiary/aromatic N) is 2. The second-order valence-electron chi connectivity index (χ2n) is 6.90. The Balaban J connectivity index is 2.03. The number of hydrogen-bond donors (Lipinski definition) is 0. The minimum Gasteiger partial charge on any atom is -0.300 e. The number of carbonyl (C=O) groups is 3. The molecular formula is C20H21ClN2O3. The van der Waals surface area contributed by atoms with E-state index in [9.17, 15) is 14.4 Å². The van der Waals surface area contributed by atoms with E-state index in [0.717, 1.165) is 22.4 Å². The van der Waals surface area contributed by atoms with Gasteiger partial charge in [0.25, 0.3) is 0 Å². The van der Waals surface area contributed by atoms with E-state index >= 15 is 0 Å². The van der Waals surface area contributed by atoms with Gasteiger partial charge in [0.05, 0.1) is 16.9 Å². The van der Waals surface area contributed by atoms with Gasteiger partial charge in [-0.3, -0.25) is 9.59 Å². The number of aromatic nitrogens is 2. The lowest BCUT2D eigenvalue weighted by atomic mass is 9.85. The molecule has 1 aliphatic rings. The summed E-state index contributed by atoms with van der Waals surface area (Å²) in [5.74, 6) is -1.52. The lowest BCUT2D eigenvalue weighted by Crippen LogP contribution is -2.19. The number of ketones is 3. The highest BCUT2D eigenvalue weighted by molar-refractivity contribution is 6.30. The number of carbonyl (C=O) groups excluding carboxylic acids is 3. The standard InChI is InChI=1S/C20H21ClN2O3/c1-4-13-7-16(23-10-15(21)9-22-23)5-11(2)18(13)19-17(25)8-14(20(19)26)6-12(3)24/h5,7,9-10,14,19H,4,6,8H2,1-3H3. The minimum absolute atomic E-state index is 0.0601. The first kappa shape index (κ1) is 18.5. The summed E-state index contributed by atoms with van der Waals surface area (Å²) < 4.78 is 1.68. The van der Waals surface area contributed by atoms with E-state index < -0.39 is 11.8 Å². The SMILES string of the molecule is CCc1cc(-n2cc(Cl)cn2)cc(C)c1C1C(=O)CC(CC(C)=O)C1=O. The van der Waals surface area contributed by atoms with Crippen molar-refractivity contribution in [3.63, 3.8) is 0 Å². The van der Waals surface area contributed by atoms with E-state index in [1.54, 1.807) is 17.1 Å². The third-order valence-corrected chi connectivity index (χ3v) is 5.13. The van der Waals surface area contributed by atoms with Crippen molar-refractivity contribution in [2.24, 2.45) is 5.92 Å². The Labute approximate surface area is 157 Å². The molecule has 0 aliphatic heterocycles. The zero-order valence-electron chi connectivity index (χ0n) is 15.1. The molecule has 2 aromatic rings. The largest absolute Gasteiger partial charge is 0.300 e. The maximum Gasteiger partial charge on any atom is 0.151 e. The number of hydrogen-bond acceptors (Lipinski definition) is 4. The molecule has 0 bridgehead atoms. The highest BCUT2D eigenvalue weighted by atomic mass is 35.5. The maximum atomic E-state index is 12.8. The Bertz CT molecular complexity index is 900. The number of rotatable bonds is 5. The molecule has 1 heterocycles. The van der Waals surface area contributed by atoms with E-state index in [0.29, 0.717) is 11.4 Å². The summed E-state index contributed by atoms with van der Waals surface area (Å²) in [4.78, 5) is 36.8. The number of Topliss-reactive ketones (excluding diaryl/α,β-unsaturated/α-hetero) is 3. The van der Waals surface area contributed by atoms with Crippen molar-refractivity contribution in [2.75, 3.05) is 0 Å². The van der Waals surface area contributed by atoms with Crippen LogP contribution in [-0.2, 0) is 20.8 Å². The summed E-state index contributed by atoms with van der Waals surface area (Å²) in [6.07, 6.45) is 4.26. The van der Waals surface area contributed by atoms with Crippen LogP contribution in [0.2, 0.25) is 5.02 Å². The summed E-state index contributed by atoms with van der Waals surface area (Å²) in [5, 5.41) is 4.76. The number of benzene rings is 1. The van der Waals surface area contributed by atoms with Crippen LogP contribution in [0, 0.1) is 12.8 Å². The van der Waals surface area contributed by atoms with Gasteiger partial charge >= 0.3 is 0 Å². The average molecular weight is 373 g/mol. The zero-order chi connectivity index (χ0) is 19.0. The van der Waals surface area contributed by atoms with E-state index in [-0.39, 0.29) is 30.2 Å². The molecule has 26 heavy (non-hydrogen) atoms. The molecular weight excluding hydrogens is 352 g/mol. The zero-order valence-corrected chi connectivity index (χ0v) is 15.8. The van der Waals surface area contributed by atoms with Crippen LogP contribution in [0.5, 0.6) is 0 Å². The van der Waals surface area contributed by atoms with E-state index in [4.69, 9.17) is 11.6 Å². The Hall–Kier alpha value is -2.27. The molecule has 2 atom stereocenters. The van der Waals surface area contributed by atoms with Gasteiger partial charge in [-0.05, 0) is 49.1 Å². The van der Waals surface area contributed by atoms with Crippen LogP contribution in [0.25, 0.3) is 5.69 Å². The summed E-state index contributed by atoms with van der Waals surface area (Å²) >= 11 is 5.95. The fourth-order valence-corrected chi connectivity index (χ4v) is 3.95. The van der Waals surface area contributed by atoms with Crippen LogP contribution in [0.4, 0.5) is 0 Å². The molecule has 0 spiro atoms. The summed E-state index contributed by atoms with van der Waals surface area (Å²) in [7, 11) is 0. The molecule has 1 aliphatic carbocycles. The van der Waals surface area contributed by atoms with Crippen molar-refractivity contribution >= 4 is 29.0 Å². The molecule has 0 radical (unpaired) electrons. The van der Waals surface area contributed by atoms with Gasteiger partial charge in [-0.2, -0.15) is 5.10 Å². The number of aryl methyl sites for hydroxylation is 2. The predicted octanol–water partition coefficient (Wildman–Crippen LogP) is 3.62. The fourth-order valence-electron chi connectivity index (χ4n) is 3.81. The molecule has 1 fully saturated rings. The van der Waals surface area contributed by atoms with Crippen molar-refractivity contribution < 1.29 is 14.4 Å². The van der Waals surface area contributed by atoms with Crippen LogP contribution in [0.3, 0.4) is 0 Å². The van der Waals surface area contributed by atoms with Gasteiger partial charge in [-0.1, -0.05) is 18.5 Å². The van der Waals surface area contributed by atoms with Crippen LogP contribution in [-0.4, -0.2) is 27.1 Å². The van der Waals surface area contributed by atoms with Gasteiger partial charge in [0.15, 0.2) is 5.78 Å². The van der Waals surface area contributed by atoms with Crippen LogP contribution in [0.1, 0.15) is 49.3 Å². The van der Waals surface area contributed by atoms with E-state index in [1.807, 2.05) is 26.0 Å². The molecule has 1 saturated carbocycles. The molecule has 136 valence electrons. The molecule has 1 aromatic carbocycles. The summed E-state index contributed by atoms with van der Waals surface area (Å²) in [6.45, 7) is 5.36. The Morgan fingerprint density at radius 2 is 2.08 bits per heavy atom. The third-order valence-electron chi connectivity index (χ3n) is 4.93. The molecule has 0 amide bonds. The van der Waals surface area contributed by atoms with Crippen molar-refractivity contribution in [3.8, 4) is 5.69 Å². The van der Waals surface area contributed by atoms with Gasteiger partial charge < -0.3 is 4.79 Å². The normalized spacial score (nSPS) is 20.0. The highest BCUT2D eigenvalue weighted by Gasteiger charge is 2.43. The van der Waals surface area contributed by atoms with Crippen molar-refractivity contribution in [1.82, 2.24) is 9.78 Å². The van der Waals surface area contributed by atoms with Gasteiger partial charge in [-0.15, -0.1) is 0 Å². The van der Waals surface area contributed by atoms with E-state index in [1.165, 1.54) is 6.92 Å². The third kappa shape index (κ3) is 3.36. The Kier molecular flexibility index (Phi) is 5.10. The Morgan fingerprint density at radius 3 is 2.65 bits per heavy atom. The summed E-state index contributed by atoms with van der Waals surface area (Å²) in [5.41, 5.74) is 3.45. The smallest absolute Gasteiger partial charge is 0.151 e. The quantitative estimate of drug-likeness (QED) is 0.752. The van der Waals surface area contributed by atoms with Gasteiger partial charge in [0.2, 0.25) is 0 Å². The van der Waals surface area contributed by atoms with Crippen LogP contribution in [0.15, 0.2) is 24.5 Å². The van der Waals surface area contributed by atoms with Crippen LogP contribution < -0.4 is 0 Å². The molecule has 0 N–H and O–H groups in total. The first-order valence-corrected chi connectivity index (χ1v) is 9.09. The first-order chi connectivity index (χ1) is 12.3. The van der Waals surface area contributed by atoms with Gasteiger partial charge in [-0.25, -0.2) is 4.68 Å². The van der Waals surface area contributed by atoms with Crippen LogP contribution >= 0.6 is 11.6 Å². The number of halogens is 1. The highest BCUT2D eigenvalue weighted by Crippen LogP contribution is 2.38. The molecule has 2 unspecified atom stereocenters. The summed E-state index contributed by atoms with van der Waals surface area (Å²) in [6, 6.07) is 3.86. The second kappa shape index (κ2) is 7.16. The fraction of sp³-hybridized carbons (Fsp3) is 0.400. The molecule has 6 heteroatoms. The molecule has 0 saturated heterocycles. The van der Waals surface area contributed by atoms with Crippen molar-refractivity contribution in [2.45, 2.75) is 46.0 Å². The molecule has 3 rings (SSSR count). The van der Waals surface area contributed by atoms with Crippen molar-refractivity contribution in [1.29, 1.82) is 0 Å². The second-order valence-corrected chi connectivity index (χ2v) is 7.34. The maximum absolute atomic E-state index is 12.8. The topological polar surface area (TPSA) is 69.0 Å². The molecule has 5 nitrogen and oxygen atoms in total. The lowest BCUT2D eigenvalue weighted by Gasteiger charge is -2.18. The van der Waals surface area contributed by atoms with Gasteiger partial charge in [0.1, 0.15) is 17.5 Å². The monoisotopic (exact) mass is 372 g/mol. The molecule has 1 aromatic heterocycles. The Morgan fingerprint density at radius 1 is 1.35 bits per heavy atom. The van der Waals surface area contributed by atoms with Crippen molar-refractivity contribution in [3.05, 3.63) is 46.2 Å². The van der Waals surface area contributed by atoms with Gasteiger partial charge in [0, 0.05) is 25.0 Å². The lowest BCUT2D eigenvalue weighted by molar-refractivity contribution is -0.127. The predicted molar refractivity (Wildman–Crippen MR) is 98.8 cm³/mol. The first-order valence-electron chi connectivity index (χ1n) is 8.71. The average Bonchev–Trinajstić information content (AvgIpc) is 3.11. The minimum atomic E-state index is -0.760. The van der Waals surface area contributed by atoms with E-state index in [2.05, 4.69) is 5.10 Å².